The first kappa shape index (κ1) is 14.0. The van der Waals surface area contributed by atoms with Gasteiger partial charge in [-0.2, -0.15) is 13.2 Å². The van der Waals surface area contributed by atoms with Crippen molar-refractivity contribution in [3.63, 3.8) is 0 Å². The molecule has 0 saturated heterocycles. The fraction of sp³-hybridized carbons (Fsp3) is 0.538. The molecule has 1 nitrogen and oxygen atoms in total. The van der Waals surface area contributed by atoms with E-state index in [2.05, 4.69) is 6.92 Å². The minimum atomic E-state index is -4.25. The average molecular weight is 245 g/mol. The van der Waals surface area contributed by atoms with E-state index in [1.807, 2.05) is 0 Å². The van der Waals surface area contributed by atoms with Crippen molar-refractivity contribution < 1.29 is 13.2 Å². The molecule has 0 aromatic heterocycles. The predicted molar refractivity (Wildman–Crippen MR) is 62.6 cm³/mol. The Bertz CT molecular complexity index is 330. The third-order valence-electron chi connectivity index (χ3n) is 2.74. The topological polar surface area (TPSA) is 26.0 Å². The minimum Gasteiger partial charge on any atom is -0.328 e. The molecule has 0 spiro atoms. The van der Waals surface area contributed by atoms with E-state index >= 15 is 0 Å². The molecule has 4 heteroatoms. The van der Waals surface area contributed by atoms with Crippen molar-refractivity contribution in [3.05, 3.63) is 35.4 Å². The van der Waals surface area contributed by atoms with Gasteiger partial charge in [-0.15, -0.1) is 0 Å². The van der Waals surface area contributed by atoms with Crippen LogP contribution in [0.3, 0.4) is 0 Å². The van der Waals surface area contributed by atoms with Crippen molar-refractivity contribution >= 4 is 0 Å². The first-order valence-corrected chi connectivity index (χ1v) is 5.85. The van der Waals surface area contributed by atoms with Crippen LogP contribution in [-0.4, -0.2) is 6.04 Å². The molecule has 0 aliphatic rings. The van der Waals surface area contributed by atoms with Gasteiger partial charge in [-0.05, 0) is 37.0 Å². The van der Waals surface area contributed by atoms with E-state index in [4.69, 9.17) is 5.73 Å². The Hall–Kier alpha value is -1.03. The lowest BCUT2D eigenvalue weighted by Gasteiger charge is -2.11. The van der Waals surface area contributed by atoms with Crippen LogP contribution in [0, 0.1) is 0 Å². The van der Waals surface area contributed by atoms with E-state index in [0.29, 0.717) is 0 Å². The summed E-state index contributed by atoms with van der Waals surface area (Å²) in [5.41, 5.74) is 6.16. The SMILES string of the molecule is CCCC(N)CCc1ccc(C(F)(F)F)cc1. The van der Waals surface area contributed by atoms with Gasteiger partial charge in [0.15, 0.2) is 0 Å². The van der Waals surface area contributed by atoms with Crippen molar-refractivity contribution in [2.75, 3.05) is 0 Å². The van der Waals surface area contributed by atoms with Gasteiger partial charge < -0.3 is 5.73 Å². The molecule has 0 fully saturated rings. The number of aryl methyl sites for hydroxylation is 1. The molecule has 1 atom stereocenters. The van der Waals surface area contributed by atoms with Crippen LogP contribution >= 0.6 is 0 Å². The van der Waals surface area contributed by atoms with Gasteiger partial charge in [0.25, 0.3) is 0 Å². The molecule has 0 aliphatic heterocycles. The molecule has 1 aromatic carbocycles. The van der Waals surface area contributed by atoms with Crippen LogP contribution in [0.1, 0.15) is 37.3 Å². The van der Waals surface area contributed by atoms with Gasteiger partial charge in [-0.3, -0.25) is 0 Å². The monoisotopic (exact) mass is 245 g/mol. The van der Waals surface area contributed by atoms with Crippen molar-refractivity contribution in [3.8, 4) is 0 Å². The van der Waals surface area contributed by atoms with E-state index in [1.54, 1.807) is 0 Å². The summed E-state index contributed by atoms with van der Waals surface area (Å²) in [7, 11) is 0. The molecule has 1 aromatic rings. The Morgan fingerprint density at radius 2 is 1.71 bits per heavy atom. The van der Waals surface area contributed by atoms with Gasteiger partial charge in [0.1, 0.15) is 0 Å². The summed E-state index contributed by atoms with van der Waals surface area (Å²) in [5, 5.41) is 0. The normalized spacial score (nSPS) is 13.7. The van der Waals surface area contributed by atoms with Crippen molar-refractivity contribution in [1.82, 2.24) is 0 Å². The van der Waals surface area contributed by atoms with Crippen molar-refractivity contribution in [2.24, 2.45) is 5.73 Å². The van der Waals surface area contributed by atoms with Gasteiger partial charge in [-0.1, -0.05) is 25.5 Å². The van der Waals surface area contributed by atoms with E-state index in [9.17, 15) is 13.2 Å². The van der Waals surface area contributed by atoms with E-state index < -0.39 is 11.7 Å². The van der Waals surface area contributed by atoms with E-state index in [-0.39, 0.29) is 6.04 Å². The maximum atomic E-state index is 12.3. The van der Waals surface area contributed by atoms with Crippen LogP contribution in [0.2, 0.25) is 0 Å². The zero-order valence-corrected chi connectivity index (χ0v) is 9.93. The summed E-state index contributed by atoms with van der Waals surface area (Å²) in [5.74, 6) is 0. The number of halogens is 3. The Kier molecular flexibility index (Phi) is 5.00. The third-order valence-corrected chi connectivity index (χ3v) is 2.74. The van der Waals surface area contributed by atoms with Crippen LogP contribution in [0.15, 0.2) is 24.3 Å². The molecule has 1 rings (SSSR count). The lowest BCUT2D eigenvalue weighted by atomic mass is 10.0. The minimum absolute atomic E-state index is 0.141. The van der Waals surface area contributed by atoms with Crippen LogP contribution in [-0.2, 0) is 12.6 Å². The number of rotatable bonds is 5. The fourth-order valence-electron chi connectivity index (χ4n) is 1.73. The molecule has 2 N–H and O–H groups in total. The average Bonchev–Trinajstić information content (AvgIpc) is 2.26. The smallest absolute Gasteiger partial charge is 0.328 e. The van der Waals surface area contributed by atoms with Crippen LogP contribution in [0.4, 0.5) is 13.2 Å². The van der Waals surface area contributed by atoms with Gasteiger partial charge in [0, 0.05) is 6.04 Å². The number of alkyl halides is 3. The molecule has 0 heterocycles. The van der Waals surface area contributed by atoms with Crippen LogP contribution in [0.5, 0.6) is 0 Å². The van der Waals surface area contributed by atoms with Gasteiger partial charge in [-0.25, -0.2) is 0 Å². The summed E-state index contributed by atoms with van der Waals surface area (Å²) < 4.78 is 36.9. The highest BCUT2D eigenvalue weighted by Gasteiger charge is 2.29. The summed E-state index contributed by atoms with van der Waals surface area (Å²) in [6.45, 7) is 2.07. The van der Waals surface area contributed by atoms with E-state index in [1.165, 1.54) is 12.1 Å². The molecule has 0 aliphatic carbocycles. The molecule has 0 bridgehead atoms. The molecule has 1 unspecified atom stereocenters. The Morgan fingerprint density at radius 3 is 2.18 bits per heavy atom. The Morgan fingerprint density at radius 1 is 1.12 bits per heavy atom. The van der Waals surface area contributed by atoms with Gasteiger partial charge >= 0.3 is 6.18 Å². The predicted octanol–water partition coefficient (Wildman–Crippen LogP) is 3.77. The van der Waals surface area contributed by atoms with Crippen molar-refractivity contribution in [1.29, 1.82) is 0 Å². The highest BCUT2D eigenvalue weighted by molar-refractivity contribution is 5.24. The lowest BCUT2D eigenvalue weighted by molar-refractivity contribution is -0.137. The Balaban J connectivity index is 2.51. The molecular formula is C13H18F3N. The first-order valence-electron chi connectivity index (χ1n) is 5.85. The summed E-state index contributed by atoms with van der Waals surface area (Å²) in [4.78, 5) is 0. The van der Waals surface area contributed by atoms with E-state index in [0.717, 1.165) is 43.4 Å². The standard InChI is InChI=1S/C13H18F3N/c1-2-3-12(17)9-6-10-4-7-11(8-5-10)13(14,15)16/h4-5,7-8,12H,2-3,6,9,17H2,1H3. The Labute approximate surface area is 99.8 Å². The van der Waals surface area contributed by atoms with Gasteiger partial charge in [0.2, 0.25) is 0 Å². The first-order chi connectivity index (χ1) is 7.93. The summed E-state index contributed by atoms with van der Waals surface area (Å²) in [6, 6.07) is 5.45. The molecule has 0 saturated carbocycles. The third kappa shape index (κ3) is 4.77. The van der Waals surface area contributed by atoms with Gasteiger partial charge in [0.05, 0.1) is 5.56 Å². The number of hydrogen-bond acceptors (Lipinski definition) is 1. The van der Waals surface area contributed by atoms with Crippen molar-refractivity contribution in [2.45, 2.75) is 44.8 Å². The zero-order chi connectivity index (χ0) is 12.9. The lowest BCUT2D eigenvalue weighted by Crippen LogP contribution is -2.20. The second-order valence-electron chi connectivity index (χ2n) is 4.28. The van der Waals surface area contributed by atoms with Crippen LogP contribution < -0.4 is 5.73 Å². The maximum absolute atomic E-state index is 12.3. The quantitative estimate of drug-likeness (QED) is 0.839. The molecule has 96 valence electrons. The number of nitrogens with two attached hydrogens (primary N) is 1. The highest BCUT2D eigenvalue weighted by atomic mass is 19.4. The largest absolute Gasteiger partial charge is 0.416 e. The summed E-state index contributed by atoms with van der Waals surface area (Å²) in [6.07, 6.45) is -0.704. The fourth-order valence-corrected chi connectivity index (χ4v) is 1.73. The zero-order valence-electron chi connectivity index (χ0n) is 9.93. The second kappa shape index (κ2) is 6.05. The number of hydrogen-bond donors (Lipinski definition) is 1. The van der Waals surface area contributed by atoms with Crippen LogP contribution in [0.25, 0.3) is 0 Å². The second-order valence-corrected chi connectivity index (χ2v) is 4.28. The maximum Gasteiger partial charge on any atom is 0.416 e. The molecule has 0 radical (unpaired) electrons. The summed E-state index contributed by atoms with van der Waals surface area (Å²) >= 11 is 0. The molecule has 0 amide bonds. The molecular weight excluding hydrogens is 227 g/mol. The number of benzene rings is 1. The highest BCUT2D eigenvalue weighted by Crippen LogP contribution is 2.29. The molecule has 17 heavy (non-hydrogen) atoms.